The summed E-state index contributed by atoms with van der Waals surface area (Å²) in [6.07, 6.45) is -9.57. The van der Waals surface area contributed by atoms with E-state index < -0.39 is 92.6 Å². The van der Waals surface area contributed by atoms with Crippen molar-refractivity contribution < 1.29 is 55.4 Å². The Labute approximate surface area is 266 Å². The number of hydrogen-bond donors (Lipinski definition) is 1. The molecule has 3 fully saturated rings. The third kappa shape index (κ3) is 4.28. The summed E-state index contributed by atoms with van der Waals surface area (Å²) in [5, 5.41) is 10.2. The number of anilines is 1. The zero-order chi connectivity index (χ0) is 33.9. The maximum Gasteiger partial charge on any atom is 0.416 e. The number of halogens is 8. The van der Waals surface area contributed by atoms with Crippen LogP contribution in [0.2, 0.25) is 0 Å². The fourth-order valence-corrected chi connectivity index (χ4v) is 8.33. The molecule has 4 amide bonds. The van der Waals surface area contributed by atoms with Crippen molar-refractivity contribution in [3.8, 4) is 11.5 Å². The maximum atomic E-state index is 14.0. The number of benzene rings is 2. The SMILES string of the molecule is COc1cc(C2C3=CCC4C(=O)N(c5cc(C(F)(F)F)cc(C(F)(F)F)c5)C(=O)C4C3CC3(Cl)C(=O)N(C)C(=O)C23Cl)ccc1O. The summed E-state index contributed by atoms with van der Waals surface area (Å²) in [4.78, 5) is 51.5. The Balaban J connectivity index is 1.51. The molecule has 0 radical (unpaired) electrons. The molecule has 8 nitrogen and oxygen atoms in total. The highest BCUT2D eigenvalue weighted by Crippen LogP contribution is 2.65. The molecule has 6 unspecified atom stereocenters. The number of phenols is 1. The molecule has 1 N–H and O–H groups in total. The largest absolute Gasteiger partial charge is 0.504 e. The normalized spacial score (nSPS) is 31.1. The van der Waals surface area contributed by atoms with Gasteiger partial charge in [0, 0.05) is 13.0 Å². The first-order chi connectivity index (χ1) is 21.3. The molecule has 2 aliphatic carbocycles. The second-order valence-corrected chi connectivity index (χ2v) is 12.9. The van der Waals surface area contributed by atoms with Crippen LogP contribution in [0.1, 0.15) is 35.4 Å². The average molecular weight is 691 g/mol. The molecule has 244 valence electrons. The van der Waals surface area contributed by atoms with E-state index >= 15 is 0 Å². The van der Waals surface area contributed by atoms with Crippen molar-refractivity contribution in [1.82, 2.24) is 4.90 Å². The molecule has 1 saturated carbocycles. The minimum atomic E-state index is -5.23. The number of allylic oxidation sites excluding steroid dienone is 2. The van der Waals surface area contributed by atoms with Crippen LogP contribution in [0.15, 0.2) is 48.0 Å². The Hall–Kier alpha value is -3.78. The van der Waals surface area contributed by atoms with Crippen LogP contribution in [-0.4, -0.2) is 57.5 Å². The van der Waals surface area contributed by atoms with Gasteiger partial charge in [0.15, 0.2) is 21.2 Å². The molecule has 2 aliphatic heterocycles. The average Bonchev–Trinajstić information content (AvgIpc) is 3.31. The van der Waals surface area contributed by atoms with E-state index in [0.717, 1.165) is 4.90 Å². The van der Waals surface area contributed by atoms with Gasteiger partial charge in [0.25, 0.3) is 11.8 Å². The monoisotopic (exact) mass is 690 g/mol. The molecule has 0 spiro atoms. The molecule has 2 aromatic carbocycles. The third-order valence-electron chi connectivity index (χ3n) is 9.38. The van der Waals surface area contributed by atoms with Crippen LogP contribution in [0.4, 0.5) is 32.0 Å². The lowest BCUT2D eigenvalue weighted by molar-refractivity contribution is -0.143. The zero-order valence-electron chi connectivity index (χ0n) is 23.7. The first kappa shape index (κ1) is 32.2. The number of alkyl halides is 8. The topological polar surface area (TPSA) is 104 Å². The van der Waals surface area contributed by atoms with Gasteiger partial charge in [-0.25, -0.2) is 4.90 Å². The first-order valence-electron chi connectivity index (χ1n) is 13.7. The van der Waals surface area contributed by atoms with Crippen LogP contribution in [-0.2, 0) is 31.5 Å². The fraction of sp³-hybridized carbons (Fsp3) is 0.400. The van der Waals surface area contributed by atoms with Crippen molar-refractivity contribution in [2.75, 3.05) is 19.1 Å². The van der Waals surface area contributed by atoms with E-state index in [4.69, 9.17) is 27.9 Å². The highest BCUT2D eigenvalue weighted by Gasteiger charge is 2.76. The standard InChI is InChI=1S/C30H22Cl2F6N2O6/c1-39-25(44)27(31)11-18-16(22(28(27,32)26(39)45)12-3-6-19(41)20(7-12)46-2)4-5-17-21(18)24(43)40(23(17)42)15-9-13(29(33,34)35)8-14(10-15)30(36,37)38/h3-4,6-10,17-18,21-22,41H,5,11H2,1-2H3. The van der Waals surface area contributed by atoms with Crippen molar-refractivity contribution in [3.63, 3.8) is 0 Å². The number of hydrogen-bond acceptors (Lipinski definition) is 6. The molecule has 6 rings (SSSR count). The first-order valence-corrected chi connectivity index (χ1v) is 14.5. The fourth-order valence-electron chi connectivity index (χ4n) is 7.31. The lowest BCUT2D eigenvalue weighted by Gasteiger charge is -2.50. The number of phenolic OH excluding ortho intramolecular Hbond substituents is 1. The van der Waals surface area contributed by atoms with E-state index in [9.17, 15) is 50.6 Å². The quantitative estimate of drug-likeness (QED) is 0.194. The second kappa shape index (κ2) is 10.1. The number of methoxy groups -OCH3 is 1. The summed E-state index contributed by atoms with van der Waals surface area (Å²) < 4.78 is 87.1. The van der Waals surface area contributed by atoms with Crippen molar-refractivity contribution in [1.29, 1.82) is 0 Å². The Bertz CT molecular complexity index is 1730. The lowest BCUT2D eigenvalue weighted by Crippen LogP contribution is -2.60. The molecule has 0 aromatic heterocycles. The minimum absolute atomic E-state index is 0.0252. The predicted octanol–water partition coefficient (Wildman–Crippen LogP) is 5.63. The van der Waals surface area contributed by atoms with Gasteiger partial charge in [0.2, 0.25) is 11.8 Å². The highest BCUT2D eigenvalue weighted by atomic mass is 35.5. The summed E-state index contributed by atoms with van der Waals surface area (Å²) in [5.41, 5.74) is -3.77. The van der Waals surface area contributed by atoms with Crippen LogP contribution in [0.5, 0.6) is 11.5 Å². The van der Waals surface area contributed by atoms with Crippen LogP contribution < -0.4 is 9.64 Å². The van der Waals surface area contributed by atoms with Gasteiger partial charge in [-0.15, -0.1) is 23.2 Å². The van der Waals surface area contributed by atoms with Crippen LogP contribution >= 0.6 is 23.2 Å². The van der Waals surface area contributed by atoms with Gasteiger partial charge < -0.3 is 9.84 Å². The number of nitrogens with zero attached hydrogens (tertiary/aromatic N) is 2. The van der Waals surface area contributed by atoms with Crippen LogP contribution in [0.3, 0.4) is 0 Å². The smallest absolute Gasteiger partial charge is 0.416 e. The van der Waals surface area contributed by atoms with Gasteiger partial charge in [0.1, 0.15) is 0 Å². The Morgan fingerprint density at radius 2 is 1.50 bits per heavy atom. The lowest BCUT2D eigenvalue weighted by atomic mass is 9.56. The van der Waals surface area contributed by atoms with Crippen molar-refractivity contribution in [2.24, 2.45) is 17.8 Å². The summed E-state index contributed by atoms with van der Waals surface area (Å²) >= 11 is 14.1. The molecule has 2 saturated heterocycles. The number of carbonyl (C=O) groups excluding carboxylic acids is 4. The Morgan fingerprint density at radius 1 is 0.891 bits per heavy atom. The molecule has 2 aromatic rings. The predicted molar refractivity (Wildman–Crippen MR) is 149 cm³/mol. The van der Waals surface area contributed by atoms with Gasteiger partial charge in [-0.1, -0.05) is 17.7 Å². The number of fused-ring (bicyclic) bond motifs is 4. The number of imide groups is 2. The van der Waals surface area contributed by atoms with Crippen molar-refractivity contribution in [3.05, 3.63) is 64.7 Å². The highest BCUT2D eigenvalue weighted by molar-refractivity contribution is 6.53. The van der Waals surface area contributed by atoms with Gasteiger partial charge in [-0.3, -0.25) is 24.1 Å². The van der Waals surface area contributed by atoms with Crippen LogP contribution in [0, 0.1) is 17.8 Å². The third-order valence-corrected chi connectivity index (χ3v) is 10.8. The van der Waals surface area contributed by atoms with E-state index in [1.165, 1.54) is 38.4 Å². The summed E-state index contributed by atoms with van der Waals surface area (Å²) in [6.45, 7) is 0. The molecule has 0 bridgehead atoms. The number of likely N-dealkylation sites (tertiary alicyclic amines) is 1. The van der Waals surface area contributed by atoms with E-state index in [-0.39, 0.29) is 29.5 Å². The number of ether oxygens (including phenoxy) is 1. The second-order valence-electron chi connectivity index (χ2n) is 11.7. The van der Waals surface area contributed by atoms with Gasteiger partial charge in [0.05, 0.1) is 35.8 Å². The molecule has 6 atom stereocenters. The summed E-state index contributed by atoms with van der Waals surface area (Å²) in [5.74, 6) is -9.09. The molecule has 16 heteroatoms. The molecular weight excluding hydrogens is 669 g/mol. The molecule has 4 aliphatic rings. The number of amides is 4. The van der Waals surface area contributed by atoms with Crippen molar-refractivity contribution >= 4 is 52.5 Å². The number of carbonyl (C=O) groups is 4. The molecular formula is C30H22Cl2F6N2O6. The Kier molecular flexibility index (Phi) is 7.07. The maximum absolute atomic E-state index is 14.0. The van der Waals surface area contributed by atoms with E-state index in [0.29, 0.717) is 22.6 Å². The van der Waals surface area contributed by atoms with Gasteiger partial charge >= 0.3 is 12.4 Å². The van der Waals surface area contributed by atoms with Crippen LogP contribution in [0.25, 0.3) is 0 Å². The summed E-state index contributed by atoms with van der Waals surface area (Å²) in [7, 11) is 2.44. The van der Waals surface area contributed by atoms with Crippen molar-refractivity contribution in [2.45, 2.75) is 40.9 Å². The van der Waals surface area contributed by atoms with E-state index in [2.05, 4.69) is 0 Å². The Morgan fingerprint density at radius 3 is 2.07 bits per heavy atom. The molecule has 46 heavy (non-hydrogen) atoms. The van der Waals surface area contributed by atoms with E-state index in [1.807, 2.05) is 0 Å². The molecule has 2 heterocycles. The van der Waals surface area contributed by atoms with Gasteiger partial charge in [-0.05, 0) is 54.7 Å². The van der Waals surface area contributed by atoms with E-state index in [1.54, 1.807) is 0 Å². The summed E-state index contributed by atoms with van der Waals surface area (Å²) in [6, 6.07) is 4.50. The van der Waals surface area contributed by atoms with Gasteiger partial charge in [-0.2, -0.15) is 26.3 Å². The number of aromatic hydroxyl groups is 1. The number of rotatable bonds is 3. The zero-order valence-corrected chi connectivity index (χ0v) is 25.2. The minimum Gasteiger partial charge on any atom is -0.504 e.